The number of nitrogen functional groups attached to an aromatic ring is 1. The number of aromatic nitrogens is 3. The Morgan fingerprint density at radius 3 is 2.83 bits per heavy atom. The highest BCUT2D eigenvalue weighted by Crippen LogP contribution is 2.25. The molecule has 1 aliphatic heterocycles. The highest BCUT2D eigenvalue weighted by molar-refractivity contribution is 6.02. The maximum absolute atomic E-state index is 13.2. The molecule has 3 heterocycles. The van der Waals surface area contributed by atoms with E-state index in [-0.39, 0.29) is 17.7 Å². The van der Waals surface area contributed by atoms with Crippen molar-refractivity contribution in [2.75, 3.05) is 25.9 Å². The number of Topliss-reactive ketones (excluding diaryl/α,β-unsaturated/α-hetero) is 1. The summed E-state index contributed by atoms with van der Waals surface area (Å²) in [6.07, 6.45) is 4.13. The van der Waals surface area contributed by atoms with E-state index in [1.807, 2.05) is 18.9 Å². The number of hydrogen-bond acceptors (Lipinski definition) is 6. The van der Waals surface area contributed by atoms with E-state index in [2.05, 4.69) is 26.8 Å². The smallest absolute Gasteiger partial charge is 0.270 e. The predicted octanol–water partition coefficient (Wildman–Crippen LogP) is 2.20. The number of aryl methyl sites for hydroxylation is 1. The number of nitrogens with zero attached hydrogens (tertiary/aromatic N) is 4. The molecule has 3 rings (SSSR count). The van der Waals surface area contributed by atoms with E-state index in [0.717, 1.165) is 24.1 Å². The minimum atomic E-state index is -0.0276. The Balaban J connectivity index is 1.72. The number of anilines is 1. The van der Waals surface area contributed by atoms with Crippen molar-refractivity contribution in [1.82, 2.24) is 24.8 Å². The van der Waals surface area contributed by atoms with E-state index in [0.29, 0.717) is 49.0 Å². The van der Waals surface area contributed by atoms with Crippen LogP contribution in [0.1, 0.15) is 64.6 Å². The summed E-state index contributed by atoms with van der Waals surface area (Å²) in [6.45, 7) is 7.37. The fourth-order valence-electron chi connectivity index (χ4n) is 4.12. The summed E-state index contributed by atoms with van der Waals surface area (Å²) in [5, 5.41) is 0. The molecule has 2 aromatic heterocycles. The first-order valence-electron chi connectivity index (χ1n) is 10.1. The summed E-state index contributed by atoms with van der Waals surface area (Å²) in [5.74, 6) is 1.11. The second kappa shape index (κ2) is 8.73. The van der Waals surface area contributed by atoms with Gasteiger partial charge in [0.2, 0.25) is 0 Å². The number of aromatic amines is 1. The number of nitrogens with two attached hydrogens (primary N) is 1. The van der Waals surface area contributed by atoms with Crippen LogP contribution in [0.4, 0.5) is 5.82 Å². The third-order valence-corrected chi connectivity index (χ3v) is 5.55. The fourth-order valence-corrected chi connectivity index (χ4v) is 4.12. The Bertz CT molecular complexity index is 907. The van der Waals surface area contributed by atoms with Gasteiger partial charge in [-0.15, -0.1) is 0 Å². The molecule has 8 nitrogen and oxygen atoms in total. The van der Waals surface area contributed by atoms with Gasteiger partial charge in [0.05, 0.1) is 6.54 Å². The van der Waals surface area contributed by atoms with Crippen molar-refractivity contribution >= 4 is 17.5 Å². The molecule has 1 fully saturated rings. The molecular formula is C21H30N6O2. The molecule has 156 valence electrons. The van der Waals surface area contributed by atoms with Crippen LogP contribution < -0.4 is 5.73 Å². The number of nitrogens with one attached hydrogen (secondary N) is 1. The lowest BCUT2D eigenvalue weighted by atomic mass is 10.0. The lowest BCUT2D eigenvalue weighted by Crippen LogP contribution is -2.37. The van der Waals surface area contributed by atoms with E-state index in [1.165, 1.54) is 0 Å². The molecule has 3 N–H and O–H groups in total. The van der Waals surface area contributed by atoms with Gasteiger partial charge in [0.1, 0.15) is 17.3 Å². The third kappa shape index (κ3) is 4.48. The van der Waals surface area contributed by atoms with Crippen molar-refractivity contribution < 1.29 is 9.59 Å². The maximum atomic E-state index is 13.2. The van der Waals surface area contributed by atoms with Gasteiger partial charge in [-0.05, 0) is 45.4 Å². The number of H-pyrrole nitrogens is 1. The molecule has 0 radical (unpaired) electrons. The zero-order valence-electron chi connectivity index (χ0n) is 17.7. The Morgan fingerprint density at radius 1 is 1.41 bits per heavy atom. The summed E-state index contributed by atoms with van der Waals surface area (Å²) in [7, 11) is 2.01. The molecule has 0 saturated carbocycles. The fraction of sp³-hybridized carbons (Fsp3) is 0.524. The SMILES string of the molecule is CCCc1c(C(=O)N2CC[C@H](N(C)Cc3nccc(N)n3)C2)[nH]c(C)c1C(C)=O. The molecule has 29 heavy (non-hydrogen) atoms. The number of carbonyl (C=O) groups is 2. The van der Waals surface area contributed by atoms with Crippen LogP contribution in [0.15, 0.2) is 12.3 Å². The van der Waals surface area contributed by atoms with E-state index in [9.17, 15) is 9.59 Å². The first-order chi connectivity index (χ1) is 13.8. The largest absolute Gasteiger partial charge is 0.384 e. The van der Waals surface area contributed by atoms with Gasteiger partial charge < -0.3 is 15.6 Å². The maximum Gasteiger partial charge on any atom is 0.270 e. The number of hydrogen-bond donors (Lipinski definition) is 2. The molecule has 1 atom stereocenters. The van der Waals surface area contributed by atoms with Crippen LogP contribution in [0.5, 0.6) is 0 Å². The van der Waals surface area contributed by atoms with Gasteiger partial charge in [0.25, 0.3) is 5.91 Å². The summed E-state index contributed by atoms with van der Waals surface area (Å²) >= 11 is 0. The molecule has 8 heteroatoms. The van der Waals surface area contributed by atoms with Crippen LogP contribution in [0.2, 0.25) is 0 Å². The van der Waals surface area contributed by atoms with Gasteiger partial charge in [-0.1, -0.05) is 13.3 Å². The van der Waals surface area contributed by atoms with Gasteiger partial charge in [-0.3, -0.25) is 14.5 Å². The van der Waals surface area contributed by atoms with Gasteiger partial charge in [0.15, 0.2) is 5.78 Å². The minimum Gasteiger partial charge on any atom is -0.384 e. The second-order valence-electron chi connectivity index (χ2n) is 7.79. The molecule has 1 saturated heterocycles. The van der Waals surface area contributed by atoms with Crippen molar-refractivity contribution in [3.63, 3.8) is 0 Å². The van der Waals surface area contributed by atoms with E-state index in [4.69, 9.17) is 5.73 Å². The molecule has 0 aromatic carbocycles. The Morgan fingerprint density at radius 2 is 2.17 bits per heavy atom. The first-order valence-corrected chi connectivity index (χ1v) is 10.1. The number of carbonyl (C=O) groups excluding carboxylic acids is 2. The number of ketones is 1. The lowest BCUT2D eigenvalue weighted by Gasteiger charge is -2.24. The number of amides is 1. The molecule has 0 spiro atoms. The Kier molecular flexibility index (Phi) is 6.32. The van der Waals surface area contributed by atoms with Gasteiger partial charge in [-0.25, -0.2) is 9.97 Å². The van der Waals surface area contributed by atoms with Crippen LogP contribution >= 0.6 is 0 Å². The van der Waals surface area contributed by atoms with Crippen LogP contribution in [0.3, 0.4) is 0 Å². The average molecular weight is 399 g/mol. The Labute approximate surface area is 171 Å². The standard InChI is InChI=1S/C21H30N6O2/c1-5-6-16-19(14(3)28)13(2)24-20(16)21(29)27-10-8-15(11-27)26(4)12-18-23-9-7-17(22)25-18/h7,9,15,24H,5-6,8,10-12H2,1-4H3,(H2,22,23,25)/t15-/m0/s1. The van der Waals surface area contributed by atoms with Gasteiger partial charge >= 0.3 is 0 Å². The van der Waals surface area contributed by atoms with Crippen LogP contribution in [-0.4, -0.2) is 62.6 Å². The van der Waals surface area contributed by atoms with E-state index < -0.39 is 0 Å². The van der Waals surface area contributed by atoms with Crippen LogP contribution in [-0.2, 0) is 13.0 Å². The molecule has 1 amide bonds. The lowest BCUT2D eigenvalue weighted by molar-refractivity contribution is 0.0773. The van der Waals surface area contributed by atoms with E-state index >= 15 is 0 Å². The van der Waals surface area contributed by atoms with Crippen molar-refractivity contribution in [3.8, 4) is 0 Å². The molecule has 1 aliphatic rings. The molecule has 0 unspecified atom stereocenters. The first kappa shape index (κ1) is 21.0. The van der Waals surface area contributed by atoms with Crippen molar-refractivity contribution in [2.45, 2.75) is 52.6 Å². The average Bonchev–Trinajstić information content (AvgIpc) is 3.27. The van der Waals surface area contributed by atoms with Gasteiger partial charge in [0, 0.05) is 36.6 Å². The van der Waals surface area contributed by atoms with Crippen molar-refractivity contribution in [2.24, 2.45) is 0 Å². The van der Waals surface area contributed by atoms with E-state index in [1.54, 1.807) is 19.2 Å². The highest BCUT2D eigenvalue weighted by atomic mass is 16.2. The quantitative estimate of drug-likeness (QED) is 0.692. The number of likely N-dealkylation sites (N-methyl/N-ethyl adjacent to an activating group) is 1. The summed E-state index contributed by atoms with van der Waals surface area (Å²) in [4.78, 5) is 41.0. The summed E-state index contributed by atoms with van der Waals surface area (Å²) < 4.78 is 0. The molecular weight excluding hydrogens is 368 g/mol. The topological polar surface area (TPSA) is 108 Å². The summed E-state index contributed by atoms with van der Waals surface area (Å²) in [5.41, 5.74) is 8.60. The monoisotopic (exact) mass is 398 g/mol. The highest BCUT2D eigenvalue weighted by Gasteiger charge is 2.32. The minimum absolute atomic E-state index is 0.00224. The van der Waals surface area contributed by atoms with Crippen molar-refractivity contribution in [3.05, 3.63) is 40.6 Å². The summed E-state index contributed by atoms with van der Waals surface area (Å²) in [6, 6.07) is 1.89. The predicted molar refractivity (Wildman–Crippen MR) is 112 cm³/mol. The molecule has 2 aromatic rings. The van der Waals surface area contributed by atoms with Gasteiger partial charge in [-0.2, -0.15) is 0 Å². The normalized spacial score (nSPS) is 16.6. The molecule has 0 aliphatic carbocycles. The van der Waals surface area contributed by atoms with Crippen molar-refractivity contribution in [1.29, 1.82) is 0 Å². The second-order valence-corrected chi connectivity index (χ2v) is 7.79. The third-order valence-electron chi connectivity index (χ3n) is 5.55. The van der Waals surface area contributed by atoms with Crippen LogP contribution in [0.25, 0.3) is 0 Å². The Hall–Kier alpha value is -2.74. The number of likely N-dealkylation sites (tertiary alicyclic amines) is 1. The molecule has 0 bridgehead atoms. The number of rotatable bonds is 7. The zero-order valence-corrected chi connectivity index (χ0v) is 17.7. The van der Waals surface area contributed by atoms with Crippen LogP contribution in [0, 0.1) is 6.92 Å². The zero-order chi connectivity index (χ0) is 21.1.